The van der Waals surface area contributed by atoms with E-state index in [2.05, 4.69) is 5.32 Å². The molecule has 34 heavy (non-hydrogen) atoms. The number of anilines is 1. The van der Waals surface area contributed by atoms with E-state index in [9.17, 15) is 36.5 Å². The molecule has 0 atom stereocenters. The fourth-order valence-electron chi connectivity index (χ4n) is 3.71. The normalized spacial score (nSPS) is 17.4. The summed E-state index contributed by atoms with van der Waals surface area (Å²) in [6.45, 7) is 0.248. The van der Waals surface area contributed by atoms with E-state index < -0.39 is 26.7 Å². The van der Waals surface area contributed by atoms with Gasteiger partial charge in [0.05, 0.1) is 15.4 Å². The summed E-state index contributed by atoms with van der Waals surface area (Å²) < 4.78 is 65.1. The zero-order chi connectivity index (χ0) is 24.7. The molecule has 1 aliphatic heterocycles. The Hall–Kier alpha value is -3.19. The van der Waals surface area contributed by atoms with Gasteiger partial charge in [-0.1, -0.05) is 0 Å². The number of piperazine rings is 1. The largest absolute Gasteiger partial charge is 0.416 e. The minimum absolute atomic E-state index is 0.00950. The Labute approximate surface area is 193 Å². The molecule has 9 nitrogen and oxygen atoms in total. The first-order valence-corrected chi connectivity index (χ1v) is 11.9. The summed E-state index contributed by atoms with van der Waals surface area (Å²) in [5.74, 6) is -0.385. The van der Waals surface area contributed by atoms with Crippen LogP contribution in [-0.2, 0) is 16.2 Å². The molecule has 4 rings (SSSR count). The minimum Gasteiger partial charge on any atom is -0.363 e. The first-order valence-electron chi connectivity index (χ1n) is 10.5. The van der Waals surface area contributed by atoms with Crippen molar-refractivity contribution >= 4 is 27.3 Å². The van der Waals surface area contributed by atoms with Gasteiger partial charge in [-0.3, -0.25) is 14.9 Å². The molecule has 1 aliphatic carbocycles. The average molecular weight is 498 g/mol. The van der Waals surface area contributed by atoms with Crippen LogP contribution in [0.5, 0.6) is 0 Å². The number of alkyl halides is 3. The van der Waals surface area contributed by atoms with Gasteiger partial charge in [0.1, 0.15) is 5.69 Å². The number of hydrogen-bond donors (Lipinski definition) is 1. The first-order chi connectivity index (χ1) is 16.0. The highest BCUT2D eigenvalue weighted by Crippen LogP contribution is 2.33. The van der Waals surface area contributed by atoms with Gasteiger partial charge < -0.3 is 10.2 Å². The van der Waals surface area contributed by atoms with Gasteiger partial charge in [-0.2, -0.15) is 17.5 Å². The standard InChI is InChI=1S/C21H21F3N4O5S/c22-21(23,24)15-2-6-17(7-3-15)34(32,33)27-11-9-26(10-12-27)18-8-1-14(13-19(18)28(30)31)20(29)25-16-4-5-16/h1-3,6-8,13,16H,4-5,9-12H2,(H,25,29). The van der Waals surface area contributed by atoms with Crippen LogP contribution in [0.2, 0.25) is 0 Å². The number of nitrogens with one attached hydrogen (secondary N) is 1. The van der Waals surface area contributed by atoms with Gasteiger partial charge in [0.2, 0.25) is 10.0 Å². The molecule has 2 fully saturated rings. The van der Waals surface area contributed by atoms with E-state index in [0.29, 0.717) is 12.1 Å². The van der Waals surface area contributed by atoms with E-state index in [1.54, 1.807) is 4.90 Å². The predicted molar refractivity (Wildman–Crippen MR) is 116 cm³/mol. The quantitative estimate of drug-likeness (QED) is 0.484. The molecule has 0 bridgehead atoms. The number of halogens is 3. The highest BCUT2D eigenvalue weighted by atomic mass is 32.2. The van der Waals surface area contributed by atoms with Crippen molar-refractivity contribution in [2.75, 3.05) is 31.1 Å². The molecular formula is C21H21F3N4O5S. The highest BCUT2D eigenvalue weighted by molar-refractivity contribution is 7.89. The summed E-state index contributed by atoms with van der Waals surface area (Å²) in [4.78, 5) is 24.7. The van der Waals surface area contributed by atoms with E-state index in [1.165, 1.54) is 18.2 Å². The second-order valence-electron chi connectivity index (χ2n) is 8.12. The van der Waals surface area contributed by atoms with Crippen LogP contribution < -0.4 is 10.2 Å². The third-order valence-corrected chi connectivity index (χ3v) is 7.66. The summed E-state index contributed by atoms with van der Waals surface area (Å²) in [5, 5.41) is 14.4. The Kier molecular flexibility index (Phi) is 6.25. The lowest BCUT2D eigenvalue weighted by Gasteiger charge is -2.35. The van der Waals surface area contributed by atoms with Crippen LogP contribution in [0.25, 0.3) is 0 Å². The van der Waals surface area contributed by atoms with Crippen LogP contribution in [-0.4, -0.2) is 55.8 Å². The maximum atomic E-state index is 12.9. The molecule has 0 unspecified atom stereocenters. The van der Waals surface area contributed by atoms with Gasteiger partial charge in [-0.25, -0.2) is 8.42 Å². The van der Waals surface area contributed by atoms with Gasteiger partial charge in [0.25, 0.3) is 11.6 Å². The van der Waals surface area contributed by atoms with Gasteiger partial charge in [-0.15, -0.1) is 0 Å². The minimum atomic E-state index is -4.57. The predicted octanol–water partition coefficient (Wildman–Crippen LogP) is 3.02. The average Bonchev–Trinajstić information content (AvgIpc) is 3.62. The third kappa shape index (κ3) is 4.99. The monoisotopic (exact) mass is 498 g/mol. The molecule has 1 amide bonds. The molecule has 0 radical (unpaired) electrons. The molecule has 0 aromatic heterocycles. The lowest BCUT2D eigenvalue weighted by atomic mass is 10.1. The molecule has 1 N–H and O–H groups in total. The maximum absolute atomic E-state index is 12.9. The van der Waals surface area contributed by atoms with E-state index in [1.807, 2.05) is 0 Å². The zero-order valence-electron chi connectivity index (χ0n) is 17.8. The Morgan fingerprint density at radius 3 is 2.18 bits per heavy atom. The Morgan fingerprint density at radius 1 is 1.03 bits per heavy atom. The SMILES string of the molecule is O=C(NC1CC1)c1ccc(N2CCN(S(=O)(=O)c3ccc(C(F)(F)F)cc3)CC2)c([N+](=O)[O-])c1. The number of nitro groups is 1. The van der Waals surface area contributed by atoms with Crippen molar-refractivity contribution in [3.8, 4) is 0 Å². The van der Waals surface area contributed by atoms with Crippen LogP contribution in [0.3, 0.4) is 0 Å². The van der Waals surface area contributed by atoms with Crippen LogP contribution in [0.1, 0.15) is 28.8 Å². The van der Waals surface area contributed by atoms with Crippen LogP contribution in [0.15, 0.2) is 47.4 Å². The second-order valence-corrected chi connectivity index (χ2v) is 10.1. The van der Waals surface area contributed by atoms with E-state index in [0.717, 1.165) is 29.3 Å². The fourth-order valence-corrected chi connectivity index (χ4v) is 5.13. The Morgan fingerprint density at radius 2 is 1.65 bits per heavy atom. The van der Waals surface area contributed by atoms with Crippen molar-refractivity contribution in [2.45, 2.75) is 30.0 Å². The van der Waals surface area contributed by atoms with Gasteiger partial charge in [0, 0.05) is 43.9 Å². The molecule has 2 aromatic rings. The number of rotatable bonds is 6. The Balaban J connectivity index is 1.47. The summed E-state index contributed by atoms with van der Waals surface area (Å²) in [6, 6.07) is 7.54. The van der Waals surface area contributed by atoms with Crippen molar-refractivity contribution in [1.82, 2.24) is 9.62 Å². The van der Waals surface area contributed by atoms with Crippen LogP contribution >= 0.6 is 0 Å². The number of sulfonamides is 1. The highest BCUT2D eigenvalue weighted by Gasteiger charge is 2.34. The lowest BCUT2D eigenvalue weighted by Crippen LogP contribution is -2.48. The van der Waals surface area contributed by atoms with Crippen molar-refractivity contribution in [3.63, 3.8) is 0 Å². The molecule has 182 valence electrons. The number of amides is 1. The van der Waals surface area contributed by atoms with E-state index in [-0.39, 0.29) is 60.0 Å². The first kappa shape index (κ1) is 24.0. The molecule has 1 saturated carbocycles. The van der Waals surface area contributed by atoms with E-state index in [4.69, 9.17) is 0 Å². The number of benzene rings is 2. The van der Waals surface area contributed by atoms with Gasteiger partial charge >= 0.3 is 6.18 Å². The van der Waals surface area contributed by atoms with E-state index >= 15 is 0 Å². The smallest absolute Gasteiger partial charge is 0.363 e. The molecule has 2 aliphatic rings. The van der Waals surface area contributed by atoms with Crippen molar-refractivity contribution in [3.05, 3.63) is 63.7 Å². The van der Waals surface area contributed by atoms with Gasteiger partial charge in [-0.05, 0) is 49.2 Å². The van der Waals surface area contributed by atoms with Crippen molar-refractivity contribution in [1.29, 1.82) is 0 Å². The topological polar surface area (TPSA) is 113 Å². The maximum Gasteiger partial charge on any atom is 0.416 e. The Bertz CT molecular complexity index is 1210. The number of hydrogen-bond acceptors (Lipinski definition) is 6. The van der Waals surface area contributed by atoms with Crippen molar-refractivity contribution in [2.24, 2.45) is 0 Å². The number of carbonyl (C=O) groups is 1. The summed E-state index contributed by atoms with van der Waals surface area (Å²) in [5.41, 5.74) is -0.772. The number of nitro benzene ring substituents is 1. The molecule has 13 heteroatoms. The van der Waals surface area contributed by atoms with Gasteiger partial charge in [0.15, 0.2) is 0 Å². The molecular weight excluding hydrogens is 477 g/mol. The molecule has 1 heterocycles. The molecule has 0 spiro atoms. The fraction of sp³-hybridized carbons (Fsp3) is 0.381. The summed E-state index contributed by atoms with van der Waals surface area (Å²) >= 11 is 0. The zero-order valence-corrected chi connectivity index (χ0v) is 18.6. The van der Waals surface area contributed by atoms with Crippen LogP contribution in [0, 0.1) is 10.1 Å². The number of nitrogens with zero attached hydrogens (tertiary/aromatic N) is 3. The molecule has 1 saturated heterocycles. The van der Waals surface area contributed by atoms with Crippen molar-refractivity contribution < 1.29 is 31.3 Å². The second kappa shape index (κ2) is 8.87. The molecule has 2 aromatic carbocycles. The number of carbonyl (C=O) groups excluding carboxylic acids is 1. The van der Waals surface area contributed by atoms with Crippen LogP contribution in [0.4, 0.5) is 24.5 Å². The summed E-state index contributed by atoms with van der Waals surface area (Å²) in [6.07, 6.45) is -2.81. The summed E-state index contributed by atoms with van der Waals surface area (Å²) in [7, 11) is -4.03. The third-order valence-electron chi connectivity index (χ3n) is 5.75. The lowest BCUT2D eigenvalue weighted by molar-refractivity contribution is -0.384.